The first-order chi connectivity index (χ1) is 9.74. The summed E-state index contributed by atoms with van der Waals surface area (Å²) in [4.78, 5) is 13.9. The van der Waals surface area contributed by atoms with Crippen molar-refractivity contribution in [1.82, 2.24) is 4.90 Å². The van der Waals surface area contributed by atoms with E-state index >= 15 is 0 Å². The van der Waals surface area contributed by atoms with Gasteiger partial charge in [0.15, 0.2) is 6.61 Å². The second-order valence-corrected chi connectivity index (χ2v) is 4.98. The van der Waals surface area contributed by atoms with Gasteiger partial charge in [0.2, 0.25) is 0 Å². The van der Waals surface area contributed by atoms with Crippen LogP contribution in [-0.2, 0) is 9.53 Å². The molecule has 1 heterocycles. The maximum atomic E-state index is 11.5. The van der Waals surface area contributed by atoms with Gasteiger partial charge in [-0.05, 0) is 56.6 Å². The Morgan fingerprint density at radius 2 is 1.90 bits per heavy atom. The van der Waals surface area contributed by atoms with E-state index in [1.165, 1.54) is 25.9 Å². The molecule has 2 N–H and O–H groups in total. The molecule has 0 amide bonds. The minimum atomic E-state index is -0.330. The van der Waals surface area contributed by atoms with E-state index in [1.54, 1.807) is 24.3 Å². The van der Waals surface area contributed by atoms with Crippen molar-refractivity contribution >= 4 is 11.7 Å². The standard InChI is InChI=1S/C15H22N2O3/c16-13-4-6-14(7-5-13)20-12-15(18)19-11-3-10-17-8-1-2-9-17/h4-7H,1-3,8-12,16H2. The summed E-state index contributed by atoms with van der Waals surface area (Å²) in [5, 5.41) is 0. The van der Waals surface area contributed by atoms with Crippen LogP contribution < -0.4 is 10.5 Å². The largest absolute Gasteiger partial charge is 0.482 e. The number of nitrogen functional groups attached to an aromatic ring is 1. The van der Waals surface area contributed by atoms with Crippen molar-refractivity contribution in [1.29, 1.82) is 0 Å². The van der Waals surface area contributed by atoms with Crippen molar-refractivity contribution in [3.63, 3.8) is 0 Å². The molecule has 1 aliphatic rings. The van der Waals surface area contributed by atoms with Crippen molar-refractivity contribution in [2.45, 2.75) is 19.3 Å². The predicted octanol–water partition coefficient (Wildman–Crippen LogP) is 1.68. The van der Waals surface area contributed by atoms with Crippen LogP contribution in [-0.4, -0.2) is 43.7 Å². The third-order valence-electron chi connectivity index (χ3n) is 3.32. The smallest absolute Gasteiger partial charge is 0.344 e. The fourth-order valence-corrected chi connectivity index (χ4v) is 2.23. The number of hydrogen-bond acceptors (Lipinski definition) is 5. The molecule has 0 unspecified atom stereocenters. The average molecular weight is 278 g/mol. The summed E-state index contributed by atoms with van der Waals surface area (Å²) >= 11 is 0. The van der Waals surface area contributed by atoms with Crippen LogP contribution in [0, 0.1) is 0 Å². The molecule has 20 heavy (non-hydrogen) atoms. The fraction of sp³-hybridized carbons (Fsp3) is 0.533. The highest BCUT2D eigenvalue weighted by Crippen LogP contribution is 2.13. The van der Waals surface area contributed by atoms with Gasteiger partial charge in [-0.2, -0.15) is 0 Å². The summed E-state index contributed by atoms with van der Waals surface area (Å²) in [5.74, 6) is 0.288. The normalized spacial score (nSPS) is 15.2. The molecule has 0 saturated carbocycles. The number of benzene rings is 1. The summed E-state index contributed by atoms with van der Waals surface area (Å²) in [6.45, 7) is 3.75. The first kappa shape index (κ1) is 14.7. The van der Waals surface area contributed by atoms with Crippen molar-refractivity contribution in [2.24, 2.45) is 0 Å². The Balaban J connectivity index is 1.54. The van der Waals surface area contributed by atoms with Gasteiger partial charge in [0.05, 0.1) is 6.61 Å². The van der Waals surface area contributed by atoms with Crippen LogP contribution in [0.15, 0.2) is 24.3 Å². The quantitative estimate of drug-likeness (QED) is 0.467. The molecular weight excluding hydrogens is 256 g/mol. The molecule has 1 aliphatic heterocycles. The Kier molecular flexibility index (Phi) is 5.68. The van der Waals surface area contributed by atoms with Gasteiger partial charge in [-0.1, -0.05) is 0 Å². The molecule has 0 bridgehead atoms. The molecule has 0 aliphatic carbocycles. The number of rotatable bonds is 7. The number of hydrogen-bond donors (Lipinski definition) is 1. The van der Waals surface area contributed by atoms with Crippen molar-refractivity contribution < 1.29 is 14.3 Å². The van der Waals surface area contributed by atoms with Crippen LogP contribution >= 0.6 is 0 Å². The average Bonchev–Trinajstić information content (AvgIpc) is 2.96. The summed E-state index contributed by atoms with van der Waals surface area (Å²) in [6, 6.07) is 6.93. The zero-order valence-electron chi connectivity index (χ0n) is 11.7. The number of anilines is 1. The number of likely N-dealkylation sites (tertiary alicyclic amines) is 1. The van der Waals surface area contributed by atoms with Crippen LogP contribution in [0.25, 0.3) is 0 Å². The molecule has 5 nitrogen and oxygen atoms in total. The third-order valence-corrected chi connectivity index (χ3v) is 3.32. The van der Waals surface area contributed by atoms with Gasteiger partial charge in [0, 0.05) is 12.2 Å². The number of nitrogens with zero attached hydrogens (tertiary/aromatic N) is 1. The van der Waals surface area contributed by atoms with Crippen molar-refractivity contribution in [2.75, 3.05) is 38.6 Å². The number of ether oxygens (including phenoxy) is 2. The monoisotopic (exact) mass is 278 g/mol. The lowest BCUT2D eigenvalue weighted by Gasteiger charge is -2.14. The summed E-state index contributed by atoms with van der Waals surface area (Å²) in [5.41, 5.74) is 6.23. The lowest BCUT2D eigenvalue weighted by molar-refractivity contribution is -0.146. The summed E-state index contributed by atoms with van der Waals surface area (Å²) in [6.07, 6.45) is 3.46. The molecule has 1 aromatic carbocycles. The highest BCUT2D eigenvalue weighted by Gasteiger charge is 2.11. The van der Waals surface area contributed by atoms with E-state index in [0.717, 1.165) is 13.0 Å². The Morgan fingerprint density at radius 1 is 1.20 bits per heavy atom. The highest BCUT2D eigenvalue weighted by molar-refractivity contribution is 5.71. The van der Waals surface area contributed by atoms with Crippen LogP contribution in [0.2, 0.25) is 0 Å². The molecule has 0 aromatic heterocycles. The molecule has 1 fully saturated rings. The minimum Gasteiger partial charge on any atom is -0.482 e. The van der Waals surface area contributed by atoms with E-state index < -0.39 is 0 Å². The Morgan fingerprint density at radius 3 is 2.60 bits per heavy atom. The molecule has 2 rings (SSSR count). The SMILES string of the molecule is Nc1ccc(OCC(=O)OCCCN2CCCC2)cc1. The second kappa shape index (κ2) is 7.75. The lowest BCUT2D eigenvalue weighted by Crippen LogP contribution is -2.23. The van der Waals surface area contributed by atoms with E-state index in [4.69, 9.17) is 15.2 Å². The van der Waals surface area contributed by atoms with Crippen molar-refractivity contribution in [3.8, 4) is 5.75 Å². The topological polar surface area (TPSA) is 64.8 Å². The highest BCUT2D eigenvalue weighted by atomic mass is 16.6. The van der Waals surface area contributed by atoms with Gasteiger partial charge in [-0.3, -0.25) is 0 Å². The first-order valence-electron chi connectivity index (χ1n) is 7.10. The molecule has 0 atom stereocenters. The first-order valence-corrected chi connectivity index (χ1v) is 7.10. The summed E-state index contributed by atoms with van der Waals surface area (Å²) < 4.78 is 10.4. The summed E-state index contributed by atoms with van der Waals surface area (Å²) in [7, 11) is 0. The molecule has 1 aromatic rings. The van der Waals surface area contributed by atoms with E-state index in [9.17, 15) is 4.79 Å². The molecule has 0 spiro atoms. The second-order valence-electron chi connectivity index (χ2n) is 4.98. The fourth-order valence-electron chi connectivity index (χ4n) is 2.23. The van der Waals surface area contributed by atoms with Crippen LogP contribution in [0.3, 0.4) is 0 Å². The van der Waals surface area contributed by atoms with Crippen LogP contribution in [0.4, 0.5) is 5.69 Å². The van der Waals surface area contributed by atoms with Gasteiger partial charge < -0.3 is 20.1 Å². The number of esters is 1. The van der Waals surface area contributed by atoms with Crippen molar-refractivity contribution in [3.05, 3.63) is 24.3 Å². The molecule has 1 saturated heterocycles. The maximum Gasteiger partial charge on any atom is 0.344 e. The zero-order chi connectivity index (χ0) is 14.2. The Labute approximate surface area is 119 Å². The van der Waals surface area contributed by atoms with Gasteiger partial charge >= 0.3 is 5.97 Å². The molecular formula is C15H22N2O3. The van der Waals surface area contributed by atoms with Gasteiger partial charge in [-0.15, -0.1) is 0 Å². The van der Waals surface area contributed by atoms with Gasteiger partial charge in [-0.25, -0.2) is 4.79 Å². The zero-order valence-corrected chi connectivity index (χ0v) is 11.7. The van der Waals surface area contributed by atoms with Crippen LogP contribution in [0.5, 0.6) is 5.75 Å². The Hall–Kier alpha value is -1.75. The van der Waals surface area contributed by atoms with Gasteiger partial charge in [0.1, 0.15) is 5.75 Å². The molecule has 110 valence electrons. The van der Waals surface area contributed by atoms with E-state index in [2.05, 4.69) is 4.90 Å². The maximum absolute atomic E-state index is 11.5. The Bertz CT molecular complexity index is 414. The van der Waals surface area contributed by atoms with E-state index in [1.807, 2.05) is 0 Å². The third kappa shape index (κ3) is 5.09. The lowest BCUT2D eigenvalue weighted by atomic mass is 10.3. The number of carbonyl (C=O) groups excluding carboxylic acids is 1. The minimum absolute atomic E-state index is 0.0619. The molecule has 5 heteroatoms. The van der Waals surface area contributed by atoms with Crippen LogP contribution in [0.1, 0.15) is 19.3 Å². The number of carbonyl (C=O) groups is 1. The number of nitrogens with two attached hydrogens (primary N) is 1. The molecule has 0 radical (unpaired) electrons. The van der Waals surface area contributed by atoms with E-state index in [-0.39, 0.29) is 12.6 Å². The predicted molar refractivity (Wildman–Crippen MR) is 77.6 cm³/mol. The van der Waals surface area contributed by atoms with Gasteiger partial charge in [0.25, 0.3) is 0 Å². The van der Waals surface area contributed by atoms with E-state index in [0.29, 0.717) is 18.0 Å².